The lowest BCUT2D eigenvalue weighted by atomic mass is 10.0. The van der Waals surface area contributed by atoms with Crippen LogP contribution in [0, 0.1) is 12.8 Å². The number of likely N-dealkylation sites (tertiary alicyclic amines) is 1. The van der Waals surface area contributed by atoms with E-state index in [4.69, 9.17) is 0 Å². The Kier molecular flexibility index (Phi) is 9.85. The SMILES string of the molecule is CCC(=O)N(c1ccc(CC(C)C)cc1)[C@H]1CCCC[N+]1(C)C.Cc1ccc(S(=O)(=O)[O-])cc1. The van der Waals surface area contributed by atoms with Gasteiger partial charge in [0.05, 0.1) is 25.5 Å². The summed E-state index contributed by atoms with van der Waals surface area (Å²) < 4.78 is 32.1. The van der Waals surface area contributed by atoms with Gasteiger partial charge in [-0.05, 0) is 61.9 Å². The Bertz CT molecular complexity index is 1030. The molecule has 6 nitrogen and oxygen atoms in total. The fraction of sp³-hybridized carbons (Fsp3) is 0.519. The van der Waals surface area contributed by atoms with Crippen LogP contribution in [0.25, 0.3) is 0 Å². The summed E-state index contributed by atoms with van der Waals surface area (Å²) in [7, 11) is 0.244. The summed E-state index contributed by atoms with van der Waals surface area (Å²) in [5.41, 5.74) is 3.34. The summed E-state index contributed by atoms with van der Waals surface area (Å²) in [5, 5.41) is 0. The van der Waals surface area contributed by atoms with Crippen LogP contribution < -0.4 is 4.90 Å². The van der Waals surface area contributed by atoms with Crippen molar-refractivity contribution in [2.45, 2.75) is 70.9 Å². The van der Waals surface area contributed by atoms with Crippen molar-refractivity contribution in [2.24, 2.45) is 5.92 Å². The molecule has 1 atom stereocenters. The number of carbonyl (C=O) groups excluding carboxylic acids is 1. The molecule has 1 amide bonds. The zero-order valence-electron chi connectivity index (χ0n) is 21.5. The molecule has 2 aromatic carbocycles. The largest absolute Gasteiger partial charge is 0.744 e. The molecule has 1 saturated heterocycles. The molecular weight excluding hydrogens is 448 g/mol. The van der Waals surface area contributed by atoms with E-state index in [2.05, 4.69) is 57.1 Å². The van der Waals surface area contributed by atoms with Gasteiger partial charge < -0.3 is 9.04 Å². The van der Waals surface area contributed by atoms with Gasteiger partial charge >= 0.3 is 0 Å². The Morgan fingerprint density at radius 2 is 1.65 bits per heavy atom. The lowest BCUT2D eigenvalue weighted by molar-refractivity contribution is -0.918. The van der Waals surface area contributed by atoms with E-state index in [1.165, 1.54) is 30.5 Å². The van der Waals surface area contributed by atoms with Crippen LogP contribution in [0.15, 0.2) is 53.4 Å². The molecule has 0 radical (unpaired) electrons. The third kappa shape index (κ3) is 7.93. The molecule has 0 saturated carbocycles. The molecule has 0 bridgehead atoms. The first-order valence-electron chi connectivity index (χ1n) is 12.1. The molecule has 1 aliphatic rings. The van der Waals surface area contributed by atoms with Crippen molar-refractivity contribution in [2.75, 3.05) is 25.5 Å². The molecule has 1 heterocycles. The number of aryl methyl sites for hydroxylation is 1. The van der Waals surface area contributed by atoms with Gasteiger partial charge in [0.25, 0.3) is 0 Å². The summed E-state index contributed by atoms with van der Waals surface area (Å²) in [6.45, 7) is 9.40. The molecule has 0 aromatic heterocycles. The molecule has 0 aliphatic carbocycles. The van der Waals surface area contributed by atoms with Gasteiger partial charge in [0.1, 0.15) is 10.1 Å². The molecule has 7 heteroatoms. The van der Waals surface area contributed by atoms with Crippen molar-refractivity contribution in [3.8, 4) is 0 Å². The first-order valence-corrected chi connectivity index (χ1v) is 13.5. The van der Waals surface area contributed by atoms with E-state index in [9.17, 15) is 17.8 Å². The van der Waals surface area contributed by atoms with Gasteiger partial charge in [-0.1, -0.05) is 50.6 Å². The van der Waals surface area contributed by atoms with Gasteiger partial charge in [0, 0.05) is 18.5 Å². The normalized spacial score (nSPS) is 17.6. The number of carbonyl (C=O) groups is 1. The maximum Gasteiger partial charge on any atom is 0.231 e. The zero-order valence-corrected chi connectivity index (χ0v) is 22.3. The number of hydrogen-bond donors (Lipinski definition) is 0. The zero-order chi connectivity index (χ0) is 25.5. The molecule has 188 valence electrons. The molecule has 2 aromatic rings. The standard InChI is InChI=1S/C20H33N2O.C7H8O3S/c1-6-20(23)21(19-9-7-8-14-22(19,4)5)18-12-10-17(11-13-18)15-16(2)3;1-6-2-4-7(5-3-6)11(8,9)10/h10-13,16,19H,6-9,14-15H2,1-5H3;2-5H,1H3,(H,8,9,10)/q+1;/p-1/t19-;/m1./s1. The molecular formula is C27H40N2O4S. The fourth-order valence-corrected chi connectivity index (χ4v) is 4.88. The Morgan fingerprint density at radius 3 is 2.12 bits per heavy atom. The Hall–Kier alpha value is -2.22. The Balaban J connectivity index is 0.000000310. The highest BCUT2D eigenvalue weighted by atomic mass is 32.2. The van der Waals surface area contributed by atoms with Crippen molar-refractivity contribution in [1.29, 1.82) is 0 Å². The lowest BCUT2D eigenvalue weighted by Gasteiger charge is -2.46. The summed E-state index contributed by atoms with van der Waals surface area (Å²) in [6, 6.07) is 14.4. The van der Waals surface area contributed by atoms with Crippen molar-refractivity contribution in [3.63, 3.8) is 0 Å². The quantitative estimate of drug-likeness (QED) is 0.418. The molecule has 0 spiro atoms. The highest BCUT2D eigenvalue weighted by Crippen LogP contribution is 2.30. The second kappa shape index (κ2) is 12.0. The molecule has 0 unspecified atom stereocenters. The first-order chi connectivity index (χ1) is 15.8. The summed E-state index contributed by atoms with van der Waals surface area (Å²) in [5.74, 6) is 0.892. The predicted molar refractivity (Wildman–Crippen MR) is 137 cm³/mol. The number of benzene rings is 2. The average Bonchev–Trinajstić information content (AvgIpc) is 2.75. The van der Waals surface area contributed by atoms with E-state index >= 15 is 0 Å². The molecule has 0 N–H and O–H groups in total. The number of quaternary nitrogens is 1. The van der Waals surface area contributed by atoms with Crippen LogP contribution in [0.5, 0.6) is 0 Å². The van der Waals surface area contributed by atoms with Crippen LogP contribution in [-0.4, -0.2) is 50.2 Å². The fourth-order valence-electron chi connectivity index (χ4n) is 4.41. The Morgan fingerprint density at radius 1 is 1.06 bits per heavy atom. The molecule has 3 rings (SSSR count). The van der Waals surface area contributed by atoms with Crippen molar-refractivity contribution >= 4 is 21.7 Å². The Labute approximate surface area is 205 Å². The van der Waals surface area contributed by atoms with Crippen LogP contribution in [-0.2, 0) is 21.3 Å². The van der Waals surface area contributed by atoms with Crippen LogP contribution in [0.3, 0.4) is 0 Å². The maximum atomic E-state index is 12.7. The van der Waals surface area contributed by atoms with Crippen LogP contribution in [0.4, 0.5) is 5.69 Å². The van der Waals surface area contributed by atoms with Crippen LogP contribution in [0.2, 0.25) is 0 Å². The smallest absolute Gasteiger partial charge is 0.231 e. The summed E-state index contributed by atoms with van der Waals surface area (Å²) >= 11 is 0. The van der Waals surface area contributed by atoms with Crippen molar-refractivity contribution in [3.05, 3.63) is 59.7 Å². The van der Waals surface area contributed by atoms with E-state index < -0.39 is 10.1 Å². The molecule has 1 aliphatic heterocycles. The second-order valence-electron chi connectivity index (χ2n) is 10.1. The first kappa shape index (κ1) is 28.0. The maximum absolute atomic E-state index is 12.7. The van der Waals surface area contributed by atoms with Gasteiger partial charge in [0.2, 0.25) is 5.91 Å². The number of nitrogens with zero attached hydrogens (tertiary/aromatic N) is 2. The number of anilines is 1. The summed E-state index contributed by atoms with van der Waals surface area (Å²) in [6.07, 6.45) is 5.46. The van der Waals surface area contributed by atoms with E-state index in [-0.39, 0.29) is 17.0 Å². The lowest BCUT2D eigenvalue weighted by Crippen LogP contribution is -2.61. The predicted octanol–water partition coefficient (Wildman–Crippen LogP) is 5.11. The minimum atomic E-state index is -4.27. The molecule has 34 heavy (non-hydrogen) atoms. The molecule has 1 fully saturated rings. The van der Waals surface area contributed by atoms with Gasteiger partial charge in [-0.15, -0.1) is 0 Å². The van der Waals surface area contributed by atoms with Crippen LogP contribution in [0.1, 0.15) is 57.6 Å². The van der Waals surface area contributed by atoms with Crippen molar-refractivity contribution < 1.29 is 22.2 Å². The number of rotatable bonds is 6. The topological polar surface area (TPSA) is 77.5 Å². The van der Waals surface area contributed by atoms with Gasteiger partial charge in [-0.2, -0.15) is 0 Å². The number of amides is 1. The van der Waals surface area contributed by atoms with Gasteiger partial charge in [-0.25, -0.2) is 8.42 Å². The van der Waals surface area contributed by atoms with Crippen molar-refractivity contribution in [1.82, 2.24) is 0 Å². The highest BCUT2D eigenvalue weighted by Gasteiger charge is 2.38. The minimum Gasteiger partial charge on any atom is -0.744 e. The second-order valence-corrected chi connectivity index (χ2v) is 11.5. The monoisotopic (exact) mass is 488 g/mol. The van der Waals surface area contributed by atoms with Gasteiger partial charge in [-0.3, -0.25) is 9.69 Å². The van der Waals surface area contributed by atoms with Crippen LogP contribution >= 0.6 is 0 Å². The number of hydrogen-bond acceptors (Lipinski definition) is 4. The van der Waals surface area contributed by atoms with E-state index in [1.54, 1.807) is 12.1 Å². The minimum absolute atomic E-state index is 0.178. The van der Waals surface area contributed by atoms with E-state index in [1.807, 2.05) is 13.8 Å². The summed E-state index contributed by atoms with van der Waals surface area (Å²) in [4.78, 5) is 14.6. The third-order valence-electron chi connectivity index (χ3n) is 6.29. The van der Waals surface area contributed by atoms with E-state index in [0.29, 0.717) is 12.3 Å². The van der Waals surface area contributed by atoms with E-state index in [0.717, 1.165) is 35.1 Å². The van der Waals surface area contributed by atoms with Gasteiger partial charge in [0.15, 0.2) is 6.17 Å². The highest BCUT2D eigenvalue weighted by molar-refractivity contribution is 7.85. The number of piperidine rings is 1. The average molecular weight is 489 g/mol. The third-order valence-corrected chi connectivity index (χ3v) is 7.14.